The maximum Gasteiger partial charge on any atom is 0.194 e. The molecule has 15 heavy (non-hydrogen) atoms. The van der Waals surface area contributed by atoms with Crippen LogP contribution in [0.1, 0.15) is 12.0 Å². The molecule has 0 aliphatic carbocycles. The van der Waals surface area contributed by atoms with Crippen molar-refractivity contribution in [3.63, 3.8) is 0 Å². The summed E-state index contributed by atoms with van der Waals surface area (Å²) in [4.78, 5) is 0. The van der Waals surface area contributed by atoms with Gasteiger partial charge in [0.1, 0.15) is 0 Å². The predicted octanol–water partition coefficient (Wildman–Crippen LogP) is 5.77. The first kappa shape index (κ1) is 13.5. The maximum atomic E-state index is 5.98. The van der Waals surface area contributed by atoms with Gasteiger partial charge in [0.15, 0.2) is 3.79 Å². The van der Waals surface area contributed by atoms with E-state index in [1.165, 1.54) is 0 Å². The van der Waals surface area contributed by atoms with Crippen molar-refractivity contribution in [2.24, 2.45) is 0 Å². The van der Waals surface area contributed by atoms with Crippen molar-refractivity contribution in [1.82, 2.24) is 0 Å². The van der Waals surface area contributed by atoms with Crippen LogP contribution in [0.15, 0.2) is 24.8 Å². The van der Waals surface area contributed by atoms with Crippen LogP contribution in [-0.4, -0.2) is 3.79 Å². The highest BCUT2D eigenvalue weighted by atomic mass is 35.6. The molecular weight excluding hydrogens is 297 g/mol. The molecule has 5 heteroatoms. The molecule has 0 amide bonds. The molecular formula is C10H7Cl5. The Kier molecular flexibility index (Phi) is 4.64. The van der Waals surface area contributed by atoms with E-state index >= 15 is 0 Å². The summed E-state index contributed by atoms with van der Waals surface area (Å²) >= 11 is 28.7. The van der Waals surface area contributed by atoms with Gasteiger partial charge in [-0.25, -0.2) is 0 Å². The summed E-state index contributed by atoms with van der Waals surface area (Å²) in [6.07, 6.45) is 0.221. The van der Waals surface area contributed by atoms with E-state index in [0.717, 1.165) is 5.56 Å². The van der Waals surface area contributed by atoms with Gasteiger partial charge in [-0.1, -0.05) is 70.7 Å². The fraction of sp³-hybridized carbons (Fsp3) is 0.200. The van der Waals surface area contributed by atoms with Crippen molar-refractivity contribution in [2.75, 3.05) is 0 Å². The Balaban J connectivity index is 2.92. The molecule has 0 nitrogen and oxygen atoms in total. The molecule has 0 heterocycles. The number of hydrogen-bond donors (Lipinski definition) is 0. The average molecular weight is 304 g/mol. The molecule has 1 rings (SSSR count). The average Bonchev–Trinajstić information content (AvgIpc) is 1.99. The van der Waals surface area contributed by atoms with E-state index in [1.54, 1.807) is 18.2 Å². The van der Waals surface area contributed by atoms with E-state index in [2.05, 4.69) is 6.58 Å². The van der Waals surface area contributed by atoms with E-state index < -0.39 is 3.79 Å². The van der Waals surface area contributed by atoms with Crippen LogP contribution in [0.2, 0.25) is 10.0 Å². The molecule has 0 saturated carbocycles. The predicted molar refractivity (Wildman–Crippen MR) is 70.4 cm³/mol. The second kappa shape index (κ2) is 5.16. The van der Waals surface area contributed by atoms with Crippen molar-refractivity contribution in [3.05, 3.63) is 40.4 Å². The number of halogens is 5. The molecule has 0 aromatic heterocycles. The first-order valence-electron chi connectivity index (χ1n) is 3.99. The Bertz CT molecular complexity index is 378. The second-order valence-electron chi connectivity index (χ2n) is 3.02. The third kappa shape index (κ3) is 4.42. The first-order chi connectivity index (χ1) is 6.79. The van der Waals surface area contributed by atoms with Crippen molar-refractivity contribution in [3.8, 4) is 0 Å². The number of allylic oxidation sites excluding steroid dienone is 1. The summed E-state index contributed by atoms with van der Waals surface area (Å²) in [7, 11) is 0. The van der Waals surface area contributed by atoms with Crippen LogP contribution in [0.5, 0.6) is 0 Å². The lowest BCUT2D eigenvalue weighted by atomic mass is 10.1. The fourth-order valence-corrected chi connectivity index (χ4v) is 2.14. The first-order valence-corrected chi connectivity index (χ1v) is 5.88. The van der Waals surface area contributed by atoms with E-state index in [1.807, 2.05) is 0 Å². The normalized spacial score (nSPS) is 11.5. The lowest BCUT2D eigenvalue weighted by Crippen LogP contribution is -2.02. The highest BCUT2D eigenvalue weighted by Gasteiger charge is 2.22. The zero-order valence-electron chi connectivity index (χ0n) is 7.54. The van der Waals surface area contributed by atoms with Gasteiger partial charge in [0.05, 0.1) is 0 Å². The summed E-state index contributed by atoms with van der Waals surface area (Å²) in [5.41, 5.74) is 1.41. The van der Waals surface area contributed by atoms with E-state index in [0.29, 0.717) is 15.6 Å². The molecule has 0 fully saturated rings. The van der Waals surface area contributed by atoms with Gasteiger partial charge in [0.25, 0.3) is 0 Å². The molecule has 0 unspecified atom stereocenters. The van der Waals surface area contributed by atoms with Crippen LogP contribution in [0.25, 0.3) is 5.57 Å². The third-order valence-electron chi connectivity index (χ3n) is 1.73. The Morgan fingerprint density at radius 3 is 2.27 bits per heavy atom. The lowest BCUT2D eigenvalue weighted by molar-refractivity contribution is 1.10. The molecule has 0 aliphatic rings. The maximum absolute atomic E-state index is 5.98. The summed E-state index contributed by atoms with van der Waals surface area (Å²) in [6.45, 7) is 3.82. The molecule has 0 bridgehead atoms. The Hall–Kier alpha value is 0.410. The van der Waals surface area contributed by atoms with E-state index in [9.17, 15) is 0 Å². The van der Waals surface area contributed by atoms with Gasteiger partial charge < -0.3 is 0 Å². The van der Waals surface area contributed by atoms with Gasteiger partial charge >= 0.3 is 0 Å². The standard InChI is InChI=1S/C10H7Cl5/c1-6(5-10(13,14)15)8-3-2-7(11)4-9(8)12/h2-4H,1,5H2. The molecule has 0 spiro atoms. The van der Waals surface area contributed by atoms with Gasteiger partial charge in [0.2, 0.25) is 0 Å². The third-order valence-corrected chi connectivity index (χ3v) is 2.67. The van der Waals surface area contributed by atoms with Crippen molar-refractivity contribution in [1.29, 1.82) is 0 Å². The number of rotatable bonds is 2. The summed E-state index contributed by atoms with van der Waals surface area (Å²) in [5, 5.41) is 1.06. The van der Waals surface area contributed by atoms with Crippen molar-refractivity contribution in [2.45, 2.75) is 10.2 Å². The molecule has 1 aromatic rings. The van der Waals surface area contributed by atoms with Crippen LogP contribution < -0.4 is 0 Å². The van der Waals surface area contributed by atoms with Crippen LogP contribution in [-0.2, 0) is 0 Å². The summed E-state index contributed by atoms with van der Waals surface area (Å²) in [5.74, 6) is 0. The highest BCUT2D eigenvalue weighted by molar-refractivity contribution is 6.67. The SMILES string of the molecule is C=C(CC(Cl)(Cl)Cl)c1ccc(Cl)cc1Cl. The minimum atomic E-state index is -1.36. The van der Waals surface area contributed by atoms with Crippen molar-refractivity contribution >= 4 is 63.6 Å². The molecule has 1 aromatic carbocycles. The largest absolute Gasteiger partial charge is 0.194 e. The van der Waals surface area contributed by atoms with E-state index in [-0.39, 0.29) is 6.42 Å². The number of alkyl halides is 3. The Morgan fingerprint density at radius 1 is 1.20 bits per heavy atom. The van der Waals surface area contributed by atoms with Crippen LogP contribution >= 0.6 is 58.0 Å². The molecule has 0 radical (unpaired) electrons. The fourth-order valence-electron chi connectivity index (χ4n) is 1.11. The van der Waals surface area contributed by atoms with Gasteiger partial charge in [-0.3, -0.25) is 0 Å². The Morgan fingerprint density at radius 2 is 1.80 bits per heavy atom. The topological polar surface area (TPSA) is 0 Å². The highest BCUT2D eigenvalue weighted by Crippen LogP contribution is 2.38. The van der Waals surface area contributed by atoms with E-state index in [4.69, 9.17) is 58.0 Å². The second-order valence-corrected chi connectivity index (χ2v) is 6.38. The molecule has 0 atom stereocenters. The lowest BCUT2D eigenvalue weighted by Gasteiger charge is -2.14. The zero-order chi connectivity index (χ0) is 11.6. The van der Waals surface area contributed by atoms with Gasteiger partial charge in [-0.2, -0.15) is 0 Å². The van der Waals surface area contributed by atoms with Crippen LogP contribution in [0.3, 0.4) is 0 Å². The molecule has 0 N–H and O–H groups in total. The molecule has 0 aliphatic heterocycles. The Labute approximate surface area is 114 Å². The minimum absolute atomic E-state index is 0.221. The monoisotopic (exact) mass is 302 g/mol. The minimum Gasteiger partial charge on any atom is -0.0950 e. The summed E-state index contributed by atoms with van der Waals surface area (Å²) < 4.78 is -1.36. The molecule has 0 saturated heterocycles. The van der Waals surface area contributed by atoms with Crippen LogP contribution in [0, 0.1) is 0 Å². The zero-order valence-corrected chi connectivity index (χ0v) is 11.3. The van der Waals surface area contributed by atoms with Crippen LogP contribution in [0.4, 0.5) is 0 Å². The van der Waals surface area contributed by atoms with Crippen molar-refractivity contribution < 1.29 is 0 Å². The number of benzene rings is 1. The van der Waals surface area contributed by atoms with Gasteiger partial charge in [-0.05, 0) is 23.3 Å². The summed E-state index contributed by atoms with van der Waals surface area (Å²) in [6, 6.07) is 5.09. The number of hydrogen-bond acceptors (Lipinski definition) is 0. The smallest absolute Gasteiger partial charge is 0.0950 e. The molecule has 82 valence electrons. The van der Waals surface area contributed by atoms with Gasteiger partial charge in [-0.15, -0.1) is 0 Å². The quantitative estimate of drug-likeness (QED) is 0.609. The van der Waals surface area contributed by atoms with Gasteiger partial charge in [0, 0.05) is 16.5 Å².